The Hall–Kier alpha value is -3.32. The largest absolute Gasteiger partial charge is 0.481 e. The summed E-state index contributed by atoms with van der Waals surface area (Å²) in [5, 5.41) is 13.6. The van der Waals surface area contributed by atoms with Crippen molar-refractivity contribution in [3.8, 4) is 0 Å². The van der Waals surface area contributed by atoms with Crippen LogP contribution >= 0.6 is 0 Å². The Morgan fingerprint density at radius 1 is 1.00 bits per heavy atom. The van der Waals surface area contributed by atoms with E-state index >= 15 is 0 Å². The highest BCUT2D eigenvalue weighted by atomic mass is 32.2. The molecule has 13 heteroatoms. The number of sulfonamides is 1. The van der Waals surface area contributed by atoms with Crippen LogP contribution in [-0.2, 0) is 21.0 Å². The molecule has 3 N–H and O–H groups in total. The van der Waals surface area contributed by atoms with Gasteiger partial charge in [-0.3, -0.25) is 4.79 Å². The first-order valence-electron chi connectivity index (χ1n) is 10.8. The van der Waals surface area contributed by atoms with Gasteiger partial charge in [-0.05, 0) is 48.9 Å². The zero-order valence-electron chi connectivity index (χ0n) is 18.6. The molecule has 0 unspecified atom stereocenters. The van der Waals surface area contributed by atoms with Crippen LogP contribution in [-0.4, -0.2) is 62.6 Å². The Kier molecular flexibility index (Phi) is 8.22. The Labute approximate surface area is 200 Å². The number of aliphatic carboxylic acids is 1. The first-order valence-corrected chi connectivity index (χ1v) is 12.2. The topological polar surface area (TPSA) is 119 Å². The van der Waals surface area contributed by atoms with Crippen molar-refractivity contribution in [1.29, 1.82) is 0 Å². The number of hydrogen-bond acceptors (Lipinski definition) is 5. The molecule has 1 aliphatic rings. The summed E-state index contributed by atoms with van der Waals surface area (Å²) in [6.45, 7) is 0.871. The number of benzene rings is 2. The smallest absolute Gasteiger partial charge is 0.416 e. The molecule has 0 saturated carbocycles. The predicted molar refractivity (Wildman–Crippen MR) is 123 cm³/mol. The Morgan fingerprint density at radius 2 is 1.66 bits per heavy atom. The van der Waals surface area contributed by atoms with Crippen molar-refractivity contribution in [2.45, 2.75) is 23.9 Å². The average Bonchev–Trinajstić information content (AvgIpc) is 2.82. The molecule has 0 spiro atoms. The molecular weight excluding hydrogens is 489 g/mol. The van der Waals surface area contributed by atoms with E-state index in [2.05, 4.69) is 10.6 Å². The fourth-order valence-corrected chi connectivity index (χ4v) is 4.96. The molecule has 1 saturated heterocycles. The minimum absolute atomic E-state index is 0.0254. The van der Waals surface area contributed by atoms with E-state index in [9.17, 15) is 31.2 Å². The monoisotopic (exact) mass is 514 g/mol. The molecule has 3 rings (SSSR count). The average molecular weight is 515 g/mol. The number of piperazine rings is 1. The number of carboxylic acid groups (broad SMARTS) is 1. The van der Waals surface area contributed by atoms with Gasteiger partial charge >= 0.3 is 18.2 Å². The lowest BCUT2D eigenvalue weighted by Crippen LogP contribution is -2.48. The normalized spacial score (nSPS) is 15.0. The lowest BCUT2D eigenvalue weighted by Gasteiger charge is -2.35. The molecule has 35 heavy (non-hydrogen) atoms. The minimum atomic E-state index is -4.46. The minimum Gasteiger partial charge on any atom is -0.481 e. The second-order valence-electron chi connectivity index (χ2n) is 7.84. The van der Waals surface area contributed by atoms with Crippen LogP contribution in [0.25, 0.3) is 0 Å². The third kappa shape index (κ3) is 7.09. The molecule has 190 valence electrons. The van der Waals surface area contributed by atoms with Crippen molar-refractivity contribution < 1.29 is 36.3 Å². The number of nitrogens with zero attached hydrogens (tertiary/aromatic N) is 2. The van der Waals surface area contributed by atoms with Crippen LogP contribution in [0.5, 0.6) is 0 Å². The molecule has 0 bridgehead atoms. The van der Waals surface area contributed by atoms with E-state index < -0.39 is 33.8 Å². The molecule has 0 atom stereocenters. The first-order chi connectivity index (χ1) is 16.5. The van der Waals surface area contributed by atoms with Crippen molar-refractivity contribution in [2.24, 2.45) is 0 Å². The number of halogens is 3. The second-order valence-corrected chi connectivity index (χ2v) is 9.78. The summed E-state index contributed by atoms with van der Waals surface area (Å²) in [5.41, 5.74) is -0.0183. The van der Waals surface area contributed by atoms with Crippen LogP contribution in [0.2, 0.25) is 0 Å². The fourth-order valence-electron chi connectivity index (χ4n) is 3.54. The van der Waals surface area contributed by atoms with Gasteiger partial charge < -0.3 is 20.6 Å². The molecular formula is C22H25F3N4O5S. The molecule has 0 aromatic heterocycles. The summed E-state index contributed by atoms with van der Waals surface area (Å²) in [4.78, 5) is 24.1. The van der Waals surface area contributed by atoms with Crippen LogP contribution in [0, 0.1) is 0 Å². The number of carbonyl (C=O) groups is 2. The van der Waals surface area contributed by atoms with Crippen molar-refractivity contribution in [2.75, 3.05) is 42.9 Å². The standard InChI is InChI=1S/C22H25F3N4O5S/c23-22(24,25)16-3-1-4-18(15-16)28-11-13-29(14-12-28)35(33,34)19-8-6-17(7-9-19)27-21(32)26-10-2-5-20(30)31/h1,3-4,6-9,15H,2,5,10-14H2,(H,30,31)(H2,26,27,32). The van der Waals surface area contributed by atoms with Gasteiger partial charge in [0.1, 0.15) is 0 Å². The molecule has 2 aromatic carbocycles. The van der Waals surface area contributed by atoms with Crippen LogP contribution in [0.1, 0.15) is 18.4 Å². The fraction of sp³-hybridized carbons (Fsp3) is 0.364. The van der Waals surface area contributed by atoms with Gasteiger partial charge in [0.05, 0.1) is 10.5 Å². The number of rotatable bonds is 8. The summed E-state index contributed by atoms with van der Waals surface area (Å²) in [7, 11) is -3.83. The Balaban J connectivity index is 1.56. The zero-order valence-corrected chi connectivity index (χ0v) is 19.4. The number of hydrogen-bond donors (Lipinski definition) is 3. The summed E-state index contributed by atoms with van der Waals surface area (Å²) >= 11 is 0. The van der Waals surface area contributed by atoms with E-state index in [1.54, 1.807) is 11.0 Å². The maximum Gasteiger partial charge on any atom is 0.416 e. The van der Waals surface area contributed by atoms with Crippen LogP contribution in [0.4, 0.5) is 29.3 Å². The molecule has 1 fully saturated rings. The third-order valence-electron chi connectivity index (χ3n) is 5.38. The van der Waals surface area contributed by atoms with Gasteiger partial charge in [0.25, 0.3) is 0 Å². The number of alkyl halides is 3. The van der Waals surface area contributed by atoms with E-state index in [0.717, 1.165) is 12.1 Å². The maximum atomic E-state index is 13.0. The van der Waals surface area contributed by atoms with Gasteiger partial charge in [-0.15, -0.1) is 0 Å². The summed E-state index contributed by atoms with van der Waals surface area (Å²) in [6, 6.07) is 9.97. The molecule has 2 aromatic rings. The summed E-state index contributed by atoms with van der Waals surface area (Å²) in [6.07, 6.45) is -4.24. The number of amides is 2. The van der Waals surface area contributed by atoms with Crippen molar-refractivity contribution in [1.82, 2.24) is 9.62 Å². The van der Waals surface area contributed by atoms with E-state index in [1.165, 1.54) is 34.6 Å². The molecule has 1 heterocycles. The van der Waals surface area contributed by atoms with Crippen molar-refractivity contribution >= 4 is 33.4 Å². The Morgan fingerprint density at radius 3 is 2.26 bits per heavy atom. The summed E-state index contributed by atoms with van der Waals surface area (Å²) in [5.74, 6) is -0.957. The molecule has 1 aliphatic heterocycles. The van der Waals surface area contributed by atoms with Gasteiger partial charge in [0.2, 0.25) is 10.0 Å². The van der Waals surface area contributed by atoms with Crippen LogP contribution in [0.15, 0.2) is 53.4 Å². The maximum absolute atomic E-state index is 13.0. The molecule has 2 amide bonds. The lowest BCUT2D eigenvalue weighted by molar-refractivity contribution is -0.138. The van der Waals surface area contributed by atoms with Gasteiger partial charge in [-0.2, -0.15) is 17.5 Å². The van der Waals surface area contributed by atoms with Gasteiger partial charge in [-0.25, -0.2) is 13.2 Å². The van der Waals surface area contributed by atoms with Crippen LogP contribution in [0.3, 0.4) is 0 Å². The van der Waals surface area contributed by atoms with Gasteiger partial charge in [-0.1, -0.05) is 6.07 Å². The third-order valence-corrected chi connectivity index (χ3v) is 7.29. The second kappa shape index (κ2) is 11.0. The lowest BCUT2D eigenvalue weighted by atomic mass is 10.1. The quantitative estimate of drug-likeness (QED) is 0.466. The molecule has 0 aliphatic carbocycles. The van der Waals surface area contributed by atoms with Gasteiger partial charge in [0, 0.05) is 50.5 Å². The van der Waals surface area contributed by atoms with Crippen LogP contribution < -0.4 is 15.5 Å². The van der Waals surface area contributed by atoms with E-state index in [1.807, 2.05) is 0 Å². The molecule has 9 nitrogen and oxygen atoms in total. The van der Waals surface area contributed by atoms with Crippen molar-refractivity contribution in [3.63, 3.8) is 0 Å². The highest BCUT2D eigenvalue weighted by Gasteiger charge is 2.32. The highest BCUT2D eigenvalue weighted by molar-refractivity contribution is 7.89. The first kappa shape index (κ1) is 26.3. The number of carbonyl (C=O) groups excluding carboxylic acids is 1. The van der Waals surface area contributed by atoms with Crippen molar-refractivity contribution in [3.05, 3.63) is 54.1 Å². The number of nitrogens with one attached hydrogen (secondary N) is 2. The van der Waals surface area contributed by atoms with E-state index in [-0.39, 0.29) is 50.5 Å². The highest BCUT2D eigenvalue weighted by Crippen LogP contribution is 2.32. The SMILES string of the molecule is O=C(O)CCCNC(=O)Nc1ccc(S(=O)(=O)N2CCN(c3cccc(C(F)(F)F)c3)CC2)cc1. The molecule has 0 radical (unpaired) electrons. The van der Waals surface area contributed by atoms with Gasteiger partial charge in [0.15, 0.2) is 0 Å². The Bertz CT molecular complexity index is 1150. The number of anilines is 2. The zero-order chi connectivity index (χ0) is 25.6. The predicted octanol–water partition coefficient (Wildman–Crippen LogP) is 3.20. The number of carboxylic acids is 1. The van der Waals surface area contributed by atoms with E-state index in [0.29, 0.717) is 11.4 Å². The number of urea groups is 1. The van der Waals surface area contributed by atoms with E-state index in [4.69, 9.17) is 5.11 Å². The summed E-state index contributed by atoms with van der Waals surface area (Å²) < 4.78 is 66.2.